The molecule has 0 radical (unpaired) electrons. The molecule has 0 aliphatic carbocycles. The van der Waals surface area contributed by atoms with Crippen molar-refractivity contribution in [1.82, 2.24) is 0 Å². The zero-order chi connectivity index (χ0) is 13.6. The fraction of sp³-hybridized carbons (Fsp3) is 0.538. The summed E-state index contributed by atoms with van der Waals surface area (Å²) in [6.07, 6.45) is 0.686. The van der Waals surface area contributed by atoms with Crippen LogP contribution in [0, 0.1) is 5.92 Å². The topological polar surface area (TPSA) is 43.4 Å². The summed E-state index contributed by atoms with van der Waals surface area (Å²) in [5, 5.41) is 0. The van der Waals surface area contributed by atoms with Gasteiger partial charge in [0, 0.05) is 10.7 Å². The highest BCUT2D eigenvalue weighted by molar-refractivity contribution is 8.13. The Morgan fingerprint density at radius 1 is 1.28 bits per heavy atom. The van der Waals surface area contributed by atoms with Crippen molar-refractivity contribution in [3.8, 4) is 0 Å². The molecule has 3 nitrogen and oxygen atoms in total. The van der Waals surface area contributed by atoms with Gasteiger partial charge >= 0.3 is 0 Å². The zero-order valence-corrected chi connectivity index (χ0v) is 12.2. The third kappa shape index (κ3) is 5.85. The summed E-state index contributed by atoms with van der Waals surface area (Å²) in [7, 11) is 1.80. The Morgan fingerprint density at radius 3 is 2.39 bits per heavy atom. The van der Waals surface area contributed by atoms with E-state index in [4.69, 9.17) is 15.4 Å². The Kier molecular flexibility index (Phi) is 6.12. The van der Waals surface area contributed by atoms with Crippen LogP contribution in [0.1, 0.15) is 31.9 Å². The fourth-order valence-electron chi connectivity index (χ4n) is 1.67. The summed E-state index contributed by atoms with van der Waals surface area (Å²) in [5.74, 6) is -0.0919. The molecule has 2 unspecified atom stereocenters. The first-order valence-corrected chi connectivity index (χ1v) is 8.49. The normalized spacial score (nSPS) is 15.3. The van der Waals surface area contributed by atoms with Gasteiger partial charge in [-0.05, 0) is 18.4 Å². The number of benzene rings is 1. The lowest BCUT2D eigenvalue weighted by Crippen LogP contribution is -2.18. The van der Waals surface area contributed by atoms with E-state index in [0.717, 1.165) is 12.0 Å². The SMILES string of the molecule is CCC(COC(C)c1ccccc1)CS(=O)(=O)Cl. The van der Waals surface area contributed by atoms with Crippen LogP contribution in [0.3, 0.4) is 0 Å². The third-order valence-electron chi connectivity index (χ3n) is 2.86. The molecule has 0 saturated heterocycles. The maximum atomic E-state index is 11.0. The molecule has 1 aromatic carbocycles. The molecule has 102 valence electrons. The van der Waals surface area contributed by atoms with E-state index in [0.29, 0.717) is 6.61 Å². The molecular formula is C13H19ClO3S. The molecule has 0 aromatic heterocycles. The average molecular weight is 291 g/mol. The van der Waals surface area contributed by atoms with Gasteiger partial charge in [-0.2, -0.15) is 0 Å². The van der Waals surface area contributed by atoms with E-state index in [2.05, 4.69) is 0 Å². The molecule has 0 aliphatic heterocycles. The zero-order valence-electron chi connectivity index (χ0n) is 10.7. The quantitative estimate of drug-likeness (QED) is 0.723. The molecule has 0 aliphatic rings. The van der Waals surface area contributed by atoms with Crippen molar-refractivity contribution in [2.75, 3.05) is 12.4 Å². The number of halogens is 1. The van der Waals surface area contributed by atoms with Crippen LogP contribution in [0.5, 0.6) is 0 Å². The molecule has 0 fully saturated rings. The van der Waals surface area contributed by atoms with Gasteiger partial charge in [-0.3, -0.25) is 0 Å². The first-order valence-electron chi connectivity index (χ1n) is 6.01. The summed E-state index contributed by atoms with van der Waals surface area (Å²) in [5.41, 5.74) is 1.08. The van der Waals surface area contributed by atoms with Crippen LogP contribution >= 0.6 is 10.7 Å². The first kappa shape index (κ1) is 15.5. The van der Waals surface area contributed by atoms with Crippen molar-refractivity contribution in [2.24, 2.45) is 5.92 Å². The Hall–Kier alpha value is -0.580. The maximum Gasteiger partial charge on any atom is 0.232 e. The lowest BCUT2D eigenvalue weighted by molar-refractivity contribution is 0.0432. The number of hydrogen-bond acceptors (Lipinski definition) is 3. The summed E-state index contributed by atoms with van der Waals surface area (Å²) >= 11 is 0. The predicted octanol–water partition coefficient (Wildman–Crippen LogP) is 3.36. The standard InChI is InChI=1S/C13H19ClO3S/c1-3-12(10-18(14,15)16)9-17-11(2)13-7-5-4-6-8-13/h4-8,11-12H,3,9-10H2,1-2H3. The van der Waals surface area contributed by atoms with Gasteiger partial charge in [0.1, 0.15) is 0 Å². The Bertz CT molecular complexity index is 445. The molecule has 5 heteroatoms. The second kappa shape index (κ2) is 7.12. The average Bonchev–Trinajstić information content (AvgIpc) is 2.33. The molecule has 0 amide bonds. The fourth-order valence-corrected chi connectivity index (χ4v) is 3.10. The van der Waals surface area contributed by atoms with Crippen LogP contribution in [0.2, 0.25) is 0 Å². The van der Waals surface area contributed by atoms with Crippen molar-refractivity contribution in [2.45, 2.75) is 26.4 Å². The van der Waals surface area contributed by atoms with Crippen LogP contribution in [-0.4, -0.2) is 20.8 Å². The highest BCUT2D eigenvalue weighted by Gasteiger charge is 2.17. The smallest absolute Gasteiger partial charge is 0.232 e. The largest absolute Gasteiger partial charge is 0.373 e. The molecule has 0 heterocycles. The van der Waals surface area contributed by atoms with Crippen molar-refractivity contribution >= 4 is 19.7 Å². The van der Waals surface area contributed by atoms with Crippen molar-refractivity contribution in [1.29, 1.82) is 0 Å². The van der Waals surface area contributed by atoms with E-state index in [9.17, 15) is 8.42 Å². The highest BCUT2D eigenvalue weighted by Crippen LogP contribution is 2.19. The minimum atomic E-state index is -3.46. The molecule has 18 heavy (non-hydrogen) atoms. The molecule has 0 spiro atoms. The number of rotatable bonds is 7. The lowest BCUT2D eigenvalue weighted by atomic mass is 10.1. The molecule has 0 bridgehead atoms. The second-order valence-electron chi connectivity index (χ2n) is 4.37. The second-order valence-corrected chi connectivity index (χ2v) is 7.19. The summed E-state index contributed by atoms with van der Waals surface area (Å²) in [6, 6.07) is 9.84. The monoisotopic (exact) mass is 290 g/mol. The Balaban J connectivity index is 2.48. The van der Waals surface area contributed by atoms with Gasteiger partial charge in [-0.15, -0.1) is 0 Å². The molecule has 1 aromatic rings. The molecule has 2 atom stereocenters. The van der Waals surface area contributed by atoms with E-state index in [1.807, 2.05) is 44.2 Å². The van der Waals surface area contributed by atoms with Crippen molar-refractivity contribution < 1.29 is 13.2 Å². The summed E-state index contributed by atoms with van der Waals surface area (Å²) in [4.78, 5) is 0. The third-order valence-corrected chi connectivity index (χ3v) is 4.11. The Labute approximate surface area is 114 Å². The number of hydrogen-bond donors (Lipinski definition) is 0. The first-order chi connectivity index (χ1) is 8.42. The van der Waals surface area contributed by atoms with E-state index in [-0.39, 0.29) is 17.8 Å². The Morgan fingerprint density at radius 2 is 1.89 bits per heavy atom. The van der Waals surface area contributed by atoms with Crippen molar-refractivity contribution in [3.05, 3.63) is 35.9 Å². The summed E-state index contributed by atoms with van der Waals surface area (Å²) < 4.78 is 27.8. The van der Waals surface area contributed by atoms with E-state index in [1.165, 1.54) is 0 Å². The van der Waals surface area contributed by atoms with Gasteiger partial charge in [-0.25, -0.2) is 8.42 Å². The van der Waals surface area contributed by atoms with Gasteiger partial charge in [0.05, 0.1) is 18.5 Å². The van der Waals surface area contributed by atoms with Crippen molar-refractivity contribution in [3.63, 3.8) is 0 Å². The van der Waals surface area contributed by atoms with Crippen LogP contribution < -0.4 is 0 Å². The van der Waals surface area contributed by atoms with E-state index in [1.54, 1.807) is 0 Å². The lowest BCUT2D eigenvalue weighted by Gasteiger charge is -2.18. The van der Waals surface area contributed by atoms with E-state index < -0.39 is 9.05 Å². The van der Waals surface area contributed by atoms with Gasteiger partial charge < -0.3 is 4.74 Å². The molecular weight excluding hydrogens is 272 g/mol. The van der Waals surface area contributed by atoms with Gasteiger partial charge in [0.25, 0.3) is 0 Å². The van der Waals surface area contributed by atoms with Crippen LogP contribution in [0.15, 0.2) is 30.3 Å². The van der Waals surface area contributed by atoms with Crippen LogP contribution in [-0.2, 0) is 13.8 Å². The summed E-state index contributed by atoms with van der Waals surface area (Å²) in [6.45, 7) is 4.29. The molecule has 0 saturated carbocycles. The van der Waals surface area contributed by atoms with Gasteiger partial charge in [-0.1, -0.05) is 43.7 Å². The van der Waals surface area contributed by atoms with Gasteiger partial charge in [0.2, 0.25) is 9.05 Å². The predicted molar refractivity (Wildman–Crippen MR) is 74.2 cm³/mol. The minimum Gasteiger partial charge on any atom is -0.373 e. The van der Waals surface area contributed by atoms with Gasteiger partial charge in [0.15, 0.2) is 0 Å². The van der Waals surface area contributed by atoms with Crippen LogP contribution in [0.4, 0.5) is 0 Å². The number of ether oxygens (including phenoxy) is 1. The molecule has 1 rings (SSSR count). The highest BCUT2D eigenvalue weighted by atomic mass is 35.7. The molecule has 0 N–H and O–H groups in total. The minimum absolute atomic E-state index is 0.0352. The van der Waals surface area contributed by atoms with Crippen LogP contribution in [0.25, 0.3) is 0 Å². The van der Waals surface area contributed by atoms with E-state index >= 15 is 0 Å². The maximum absolute atomic E-state index is 11.0.